The average molecular weight is 203 g/mol. The molecule has 78 valence electrons. The fraction of sp³-hybridized carbons (Fsp3) is 0.500. The van der Waals surface area contributed by atoms with E-state index in [-0.39, 0.29) is 0 Å². The van der Waals surface area contributed by atoms with Crippen LogP contribution in [0, 0.1) is 6.92 Å². The maximum atomic E-state index is 4.43. The summed E-state index contributed by atoms with van der Waals surface area (Å²) in [6, 6.07) is 4.22. The molecule has 5 nitrogen and oxygen atoms in total. The normalized spacial score (nSPS) is 21.3. The van der Waals surface area contributed by atoms with Crippen LogP contribution in [0.1, 0.15) is 30.4 Å². The van der Waals surface area contributed by atoms with E-state index in [9.17, 15) is 0 Å². The van der Waals surface area contributed by atoms with Gasteiger partial charge in [-0.25, -0.2) is 0 Å². The second-order valence-electron chi connectivity index (χ2n) is 3.95. The Morgan fingerprint density at radius 3 is 3.13 bits per heavy atom. The fourth-order valence-corrected chi connectivity index (χ4v) is 2.02. The van der Waals surface area contributed by atoms with Crippen molar-refractivity contribution in [1.29, 1.82) is 0 Å². The molecule has 1 atom stereocenters. The largest absolute Gasteiger partial charge is 0.307 e. The topological polar surface area (TPSA) is 55.1 Å². The molecule has 1 unspecified atom stereocenters. The molecule has 0 bridgehead atoms. The molecule has 15 heavy (non-hydrogen) atoms. The lowest BCUT2D eigenvalue weighted by molar-refractivity contribution is 0.583. The zero-order valence-corrected chi connectivity index (χ0v) is 8.64. The van der Waals surface area contributed by atoms with Gasteiger partial charge in [0.15, 0.2) is 11.5 Å². The van der Waals surface area contributed by atoms with Crippen molar-refractivity contribution in [3.8, 4) is 0 Å². The second-order valence-corrected chi connectivity index (χ2v) is 3.95. The predicted molar refractivity (Wildman–Crippen MR) is 55.5 cm³/mol. The molecular weight excluding hydrogens is 190 g/mol. The Balaban J connectivity index is 2.13. The maximum absolute atomic E-state index is 4.43. The van der Waals surface area contributed by atoms with Crippen LogP contribution in [0.2, 0.25) is 0 Å². The Hall–Kier alpha value is -1.49. The third-order valence-corrected chi connectivity index (χ3v) is 2.79. The van der Waals surface area contributed by atoms with Gasteiger partial charge in [-0.3, -0.25) is 0 Å². The average Bonchev–Trinajstić information content (AvgIpc) is 2.83. The van der Waals surface area contributed by atoms with Gasteiger partial charge in [0.1, 0.15) is 0 Å². The Morgan fingerprint density at radius 2 is 2.33 bits per heavy atom. The van der Waals surface area contributed by atoms with Crippen LogP contribution in [-0.2, 0) is 0 Å². The summed E-state index contributed by atoms with van der Waals surface area (Å²) in [5.41, 5.74) is 1.81. The summed E-state index contributed by atoms with van der Waals surface area (Å²) in [5, 5.41) is 16.2. The summed E-state index contributed by atoms with van der Waals surface area (Å²) in [4.78, 5) is 0. The molecule has 0 aromatic carbocycles. The Morgan fingerprint density at radius 1 is 1.40 bits per heavy atom. The van der Waals surface area contributed by atoms with Crippen molar-refractivity contribution in [2.24, 2.45) is 0 Å². The molecule has 1 N–H and O–H groups in total. The SMILES string of the molecule is Cc1ccc2nnc(C3CCCN3)n2n1. The highest BCUT2D eigenvalue weighted by atomic mass is 15.4. The monoisotopic (exact) mass is 203 g/mol. The van der Waals surface area contributed by atoms with Crippen molar-refractivity contribution in [3.05, 3.63) is 23.7 Å². The van der Waals surface area contributed by atoms with Crippen molar-refractivity contribution >= 4 is 5.65 Å². The van der Waals surface area contributed by atoms with Gasteiger partial charge in [-0.15, -0.1) is 10.2 Å². The van der Waals surface area contributed by atoms with Gasteiger partial charge in [-0.05, 0) is 38.4 Å². The lowest BCUT2D eigenvalue weighted by atomic mass is 10.2. The molecule has 1 aliphatic heterocycles. The summed E-state index contributed by atoms with van der Waals surface area (Å²) in [7, 11) is 0. The first-order valence-corrected chi connectivity index (χ1v) is 5.27. The van der Waals surface area contributed by atoms with E-state index >= 15 is 0 Å². The van der Waals surface area contributed by atoms with Crippen LogP contribution in [0.25, 0.3) is 5.65 Å². The van der Waals surface area contributed by atoms with Crippen molar-refractivity contribution in [3.63, 3.8) is 0 Å². The lowest BCUT2D eigenvalue weighted by Gasteiger charge is -2.06. The van der Waals surface area contributed by atoms with Crippen LogP contribution in [0.4, 0.5) is 0 Å². The Bertz CT molecular complexity index is 484. The van der Waals surface area contributed by atoms with Crippen molar-refractivity contribution in [1.82, 2.24) is 25.1 Å². The van der Waals surface area contributed by atoms with Gasteiger partial charge < -0.3 is 5.32 Å². The number of rotatable bonds is 1. The van der Waals surface area contributed by atoms with Crippen LogP contribution in [-0.4, -0.2) is 26.4 Å². The van der Waals surface area contributed by atoms with Crippen LogP contribution in [0.15, 0.2) is 12.1 Å². The van der Waals surface area contributed by atoms with Gasteiger partial charge in [0.25, 0.3) is 0 Å². The highest BCUT2D eigenvalue weighted by molar-refractivity contribution is 5.36. The molecule has 0 radical (unpaired) electrons. The number of aryl methyl sites for hydroxylation is 1. The van der Waals surface area contributed by atoms with Gasteiger partial charge >= 0.3 is 0 Å². The highest BCUT2D eigenvalue weighted by Crippen LogP contribution is 2.21. The van der Waals surface area contributed by atoms with Crippen LogP contribution < -0.4 is 5.32 Å². The minimum atomic E-state index is 0.314. The first-order chi connectivity index (χ1) is 7.34. The zero-order chi connectivity index (χ0) is 10.3. The Kier molecular flexibility index (Phi) is 1.92. The van der Waals surface area contributed by atoms with Crippen LogP contribution in [0.5, 0.6) is 0 Å². The molecule has 3 heterocycles. The van der Waals surface area contributed by atoms with E-state index in [1.165, 1.54) is 6.42 Å². The number of nitrogens with zero attached hydrogens (tertiary/aromatic N) is 4. The molecular formula is C10H13N5. The minimum Gasteiger partial charge on any atom is -0.307 e. The molecule has 0 aliphatic carbocycles. The predicted octanol–water partition coefficient (Wildman–Crippen LogP) is 0.857. The van der Waals surface area contributed by atoms with E-state index in [1.807, 2.05) is 23.6 Å². The first kappa shape index (κ1) is 8.79. The molecule has 0 spiro atoms. The number of nitrogens with one attached hydrogen (secondary N) is 1. The molecule has 0 amide bonds. The molecule has 2 aromatic heterocycles. The maximum Gasteiger partial charge on any atom is 0.177 e. The summed E-state index contributed by atoms with van der Waals surface area (Å²) in [6.45, 7) is 3.04. The summed E-state index contributed by atoms with van der Waals surface area (Å²) >= 11 is 0. The van der Waals surface area contributed by atoms with Crippen molar-refractivity contribution in [2.45, 2.75) is 25.8 Å². The van der Waals surface area contributed by atoms with Crippen LogP contribution >= 0.6 is 0 Å². The van der Waals surface area contributed by atoms with Gasteiger partial charge in [0.05, 0.1) is 11.7 Å². The number of hydrogen-bond acceptors (Lipinski definition) is 4. The molecule has 0 saturated carbocycles. The summed E-state index contributed by atoms with van der Waals surface area (Å²) in [5.74, 6) is 0.936. The standard InChI is InChI=1S/C10H13N5/c1-7-4-5-9-12-13-10(15(9)14-7)8-3-2-6-11-8/h4-5,8,11H,2-3,6H2,1H3. The second kappa shape index (κ2) is 3.27. The number of aromatic nitrogens is 4. The summed E-state index contributed by atoms with van der Waals surface area (Å²) in [6.07, 6.45) is 2.32. The van der Waals surface area contributed by atoms with E-state index in [2.05, 4.69) is 20.6 Å². The number of fused-ring (bicyclic) bond motifs is 1. The lowest BCUT2D eigenvalue weighted by Crippen LogP contribution is -2.16. The fourth-order valence-electron chi connectivity index (χ4n) is 2.02. The van der Waals surface area contributed by atoms with Gasteiger partial charge in [-0.2, -0.15) is 9.61 Å². The van der Waals surface area contributed by atoms with E-state index in [0.29, 0.717) is 6.04 Å². The molecule has 5 heteroatoms. The Labute approximate surface area is 87.5 Å². The number of hydrogen-bond donors (Lipinski definition) is 1. The molecule has 2 aromatic rings. The molecule has 1 aliphatic rings. The van der Waals surface area contributed by atoms with Gasteiger partial charge in [-0.1, -0.05) is 0 Å². The van der Waals surface area contributed by atoms with Crippen LogP contribution in [0.3, 0.4) is 0 Å². The minimum absolute atomic E-state index is 0.314. The van der Waals surface area contributed by atoms with Crippen molar-refractivity contribution < 1.29 is 0 Å². The smallest absolute Gasteiger partial charge is 0.177 e. The quantitative estimate of drug-likeness (QED) is 0.746. The van der Waals surface area contributed by atoms with E-state index in [4.69, 9.17) is 0 Å². The molecule has 3 rings (SSSR count). The highest BCUT2D eigenvalue weighted by Gasteiger charge is 2.21. The summed E-state index contributed by atoms with van der Waals surface area (Å²) < 4.78 is 1.85. The molecule has 1 saturated heterocycles. The zero-order valence-electron chi connectivity index (χ0n) is 8.64. The van der Waals surface area contributed by atoms with Gasteiger partial charge in [0.2, 0.25) is 0 Å². The third kappa shape index (κ3) is 1.39. The van der Waals surface area contributed by atoms with E-state index in [0.717, 1.165) is 30.1 Å². The van der Waals surface area contributed by atoms with E-state index in [1.54, 1.807) is 0 Å². The molecule has 1 fully saturated rings. The third-order valence-electron chi connectivity index (χ3n) is 2.79. The van der Waals surface area contributed by atoms with Crippen molar-refractivity contribution in [2.75, 3.05) is 6.54 Å². The van der Waals surface area contributed by atoms with Gasteiger partial charge in [0, 0.05) is 0 Å². The van der Waals surface area contributed by atoms with E-state index < -0.39 is 0 Å². The first-order valence-electron chi connectivity index (χ1n) is 5.27.